The van der Waals surface area contributed by atoms with Gasteiger partial charge in [0.05, 0.1) is 6.42 Å². The first-order valence-corrected chi connectivity index (χ1v) is 5.96. The van der Waals surface area contributed by atoms with Gasteiger partial charge in [0.2, 0.25) is 5.91 Å². The summed E-state index contributed by atoms with van der Waals surface area (Å²) < 4.78 is 13.4. The van der Waals surface area contributed by atoms with Gasteiger partial charge in [0, 0.05) is 11.2 Å². The Balaban J connectivity index is 1.86. The molecular formula is C13H15FN2O. The summed E-state index contributed by atoms with van der Waals surface area (Å²) in [5.41, 5.74) is 8.44. The van der Waals surface area contributed by atoms with Gasteiger partial charge in [-0.15, -0.1) is 0 Å². The highest BCUT2D eigenvalue weighted by molar-refractivity contribution is 6.00. The smallest absolute Gasteiger partial charge is 0.228 e. The fourth-order valence-corrected chi connectivity index (χ4v) is 2.37. The average molecular weight is 234 g/mol. The van der Waals surface area contributed by atoms with E-state index in [0.29, 0.717) is 0 Å². The Labute approximate surface area is 99.2 Å². The van der Waals surface area contributed by atoms with E-state index in [-0.39, 0.29) is 23.7 Å². The molecule has 0 aromatic heterocycles. The number of fused-ring (bicyclic) bond motifs is 1. The van der Waals surface area contributed by atoms with Gasteiger partial charge in [-0.05, 0) is 48.9 Å². The molecule has 3 rings (SSSR count). The third-order valence-corrected chi connectivity index (χ3v) is 3.67. The number of anilines is 1. The number of aryl methyl sites for hydroxylation is 1. The molecule has 0 radical (unpaired) electrons. The molecule has 1 aliphatic heterocycles. The van der Waals surface area contributed by atoms with Crippen molar-refractivity contribution in [1.82, 2.24) is 0 Å². The molecule has 3 nitrogen and oxygen atoms in total. The van der Waals surface area contributed by atoms with Crippen LogP contribution in [0.1, 0.15) is 30.4 Å². The maximum Gasteiger partial charge on any atom is 0.228 e. The summed E-state index contributed by atoms with van der Waals surface area (Å²) in [6.45, 7) is 0. The summed E-state index contributed by atoms with van der Waals surface area (Å²) in [4.78, 5) is 11.3. The van der Waals surface area contributed by atoms with Gasteiger partial charge in [-0.2, -0.15) is 0 Å². The Hall–Kier alpha value is -1.42. The van der Waals surface area contributed by atoms with Crippen molar-refractivity contribution in [1.29, 1.82) is 0 Å². The first-order chi connectivity index (χ1) is 8.06. The van der Waals surface area contributed by atoms with Crippen LogP contribution in [-0.4, -0.2) is 11.4 Å². The van der Waals surface area contributed by atoms with Crippen LogP contribution in [0.2, 0.25) is 0 Å². The Kier molecular flexibility index (Phi) is 2.23. The number of hydrogen-bond acceptors (Lipinski definition) is 2. The van der Waals surface area contributed by atoms with Gasteiger partial charge in [-0.3, -0.25) is 4.79 Å². The number of rotatable bonds is 3. The van der Waals surface area contributed by atoms with Gasteiger partial charge in [-0.25, -0.2) is 4.39 Å². The van der Waals surface area contributed by atoms with Crippen molar-refractivity contribution in [3.05, 3.63) is 29.1 Å². The molecule has 0 spiro atoms. The van der Waals surface area contributed by atoms with Gasteiger partial charge < -0.3 is 11.1 Å². The second kappa shape index (κ2) is 3.53. The van der Waals surface area contributed by atoms with Crippen LogP contribution in [0.25, 0.3) is 0 Å². The topological polar surface area (TPSA) is 55.1 Å². The van der Waals surface area contributed by atoms with Crippen molar-refractivity contribution in [2.75, 3.05) is 5.32 Å². The van der Waals surface area contributed by atoms with Crippen molar-refractivity contribution >= 4 is 11.6 Å². The lowest BCUT2D eigenvalue weighted by molar-refractivity contribution is -0.115. The summed E-state index contributed by atoms with van der Waals surface area (Å²) in [6, 6.07) is 2.95. The highest BCUT2D eigenvalue weighted by Crippen LogP contribution is 2.38. The zero-order valence-corrected chi connectivity index (χ0v) is 9.55. The molecule has 0 bridgehead atoms. The van der Waals surface area contributed by atoms with Crippen LogP contribution < -0.4 is 11.1 Å². The van der Waals surface area contributed by atoms with Crippen molar-refractivity contribution in [3.63, 3.8) is 0 Å². The van der Waals surface area contributed by atoms with Gasteiger partial charge in [0.1, 0.15) is 5.82 Å². The molecule has 1 aliphatic carbocycles. The minimum atomic E-state index is -0.267. The van der Waals surface area contributed by atoms with Gasteiger partial charge >= 0.3 is 0 Å². The van der Waals surface area contributed by atoms with Crippen LogP contribution in [0.5, 0.6) is 0 Å². The van der Waals surface area contributed by atoms with E-state index in [1.54, 1.807) is 0 Å². The second-order valence-electron chi connectivity index (χ2n) is 5.19. The monoisotopic (exact) mass is 234 g/mol. The number of halogens is 1. The van der Waals surface area contributed by atoms with E-state index in [1.807, 2.05) is 0 Å². The van der Waals surface area contributed by atoms with Crippen molar-refractivity contribution in [3.8, 4) is 0 Å². The Morgan fingerprint density at radius 2 is 2.18 bits per heavy atom. The third kappa shape index (κ3) is 2.05. The van der Waals surface area contributed by atoms with Crippen LogP contribution in [0.4, 0.5) is 10.1 Å². The van der Waals surface area contributed by atoms with Crippen LogP contribution in [-0.2, 0) is 17.6 Å². The Morgan fingerprint density at radius 3 is 2.88 bits per heavy atom. The summed E-state index contributed by atoms with van der Waals surface area (Å²) in [7, 11) is 0. The number of hydrogen-bond donors (Lipinski definition) is 2. The molecule has 0 saturated heterocycles. The molecule has 0 atom stereocenters. The minimum Gasteiger partial charge on any atom is -0.325 e. The molecule has 4 heteroatoms. The first kappa shape index (κ1) is 10.7. The number of carbonyl (C=O) groups excluding carboxylic acids is 1. The Bertz CT molecular complexity index is 494. The lowest BCUT2D eigenvalue weighted by Crippen LogP contribution is -2.22. The number of carbonyl (C=O) groups is 1. The van der Waals surface area contributed by atoms with Gasteiger partial charge in [0.25, 0.3) is 0 Å². The largest absolute Gasteiger partial charge is 0.325 e. The zero-order chi connectivity index (χ0) is 12.0. The third-order valence-electron chi connectivity index (χ3n) is 3.67. The molecule has 1 amide bonds. The van der Waals surface area contributed by atoms with E-state index in [4.69, 9.17) is 5.73 Å². The normalized spacial score (nSPS) is 20.0. The number of nitrogens with one attached hydrogen (secondary N) is 1. The molecule has 1 aromatic carbocycles. The predicted octanol–water partition coefficient (Wildman–Crippen LogP) is 1.74. The highest BCUT2D eigenvalue weighted by Gasteiger charge is 2.37. The van der Waals surface area contributed by atoms with E-state index < -0.39 is 0 Å². The van der Waals surface area contributed by atoms with E-state index in [9.17, 15) is 9.18 Å². The number of nitrogens with two attached hydrogens (primary N) is 1. The summed E-state index contributed by atoms with van der Waals surface area (Å²) in [5, 5.41) is 2.80. The quantitative estimate of drug-likeness (QED) is 0.837. The minimum absolute atomic E-state index is 0.0399. The van der Waals surface area contributed by atoms with Crippen LogP contribution in [0, 0.1) is 5.82 Å². The molecule has 1 heterocycles. The zero-order valence-electron chi connectivity index (χ0n) is 9.55. The molecule has 0 unspecified atom stereocenters. The standard InChI is InChI=1S/C13H15FN2O/c14-10-5-8(1-2-13(15)3-4-13)12-9(6-10)7-11(17)16-12/h5-6H,1-4,7,15H2,(H,16,17). The van der Waals surface area contributed by atoms with Crippen molar-refractivity contribution < 1.29 is 9.18 Å². The van der Waals surface area contributed by atoms with Gasteiger partial charge in [-0.1, -0.05) is 0 Å². The maximum absolute atomic E-state index is 13.4. The van der Waals surface area contributed by atoms with Crippen LogP contribution in [0.3, 0.4) is 0 Å². The molecule has 3 N–H and O–H groups in total. The Morgan fingerprint density at radius 1 is 1.41 bits per heavy atom. The average Bonchev–Trinajstić information content (AvgIpc) is 2.86. The van der Waals surface area contributed by atoms with Gasteiger partial charge in [0.15, 0.2) is 0 Å². The first-order valence-electron chi connectivity index (χ1n) is 5.96. The fourth-order valence-electron chi connectivity index (χ4n) is 2.37. The predicted molar refractivity (Wildman–Crippen MR) is 63.2 cm³/mol. The number of amides is 1. The molecular weight excluding hydrogens is 219 g/mol. The maximum atomic E-state index is 13.4. The van der Waals surface area contributed by atoms with E-state index in [2.05, 4.69) is 5.32 Å². The van der Waals surface area contributed by atoms with Crippen molar-refractivity contribution in [2.24, 2.45) is 5.73 Å². The number of benzene rings is 1. The molecule has 90 valence electrons. The van der Waals surface area contributed by atoms with E-state index in [1.165, 1.54) is 12.1 Å². The molecule has 1 fully saturated rings. The molecule has 1 aromatic rings. The van der Waals surface area contributed by atoms with Crippen LogP contribution >= 0.6 is 0 Å². The van der Waals surface area contributed by atoms with Crippen molar-refractivity contribution in [2.45, 2.75) is 37.6 Å². The second-order valence-corrected chi connectivity index (χ2v) is 5.19. The SMILES string of the molecule is NC1(CCc2cc(F)cc3c2NC(=O)C3)CC1. The summed E-state index contributed by atoms with van der Waals surface area (Å²) >= 11 is 0. The molecule has 17 heavy (non-hydrogen) atoms. The van der Waals surface area contributed by atoms with E-state index in [0.717, 1.165) is 42.5 Å². The fraction of sp³-hybridized carbons (Fsp3) is 0.462. The van der Waals surface area contributed by atoms with Crippen LogP contribution in [0.15, 0.2) is 12.1 Å². The molecule has 2 aliphatic rings. The lowest BCUT2D eigenvalue weighted by atomic mass is 10.00. The molecule has 1 saturated carbocycles. The summed E-state index contributed by atoms with van der Waals surface area (Å²) in [6.07, 6.45) is 3.98. The van der Waals surface area contributed by atoms with E-state index >= 15 is 0 Å². The lowest BCUT2D eigenvalue weighted by Gasteiger charge is -2.11. The summed E-state index contributed by atoms with van der Waals surface area (Å²) in [5.74, 6) is -0.321. The highest BCUT2D eigenvalue weighted by atomic mass is 19.1.